The van der Waals surface area contributed by atoms with Crippen molar-refractivity contribution < 1.29 is 9.53 Å². The number of nitrogens with one attached hydrogen (secondary N) is 1. The van der Waals surface area contributed by atoms with E-state index in [4.69, 9.17) is 10.5 Å². The summed E-state index contributed by atoms with van der Waals surface area (Å²) in [6.45, 7) is 10.5. The summed E-state index contributed by atoms with van der Waals surface area (Å²) in [7, 11) is 0. The van der Waals surface area contributed by atoms with Crippen LogP contribution in [0.4, 0.5) is 0 Å². The Morgan fingerprint density at radius 1 is 1.24 bits per heavy atom. The van der Waals surface area contributed by atoms with Gasteiger partial charge in [-0.3, -0.25) is 4.79 Å². The third-order valence-corrected chi connectivity index (χ3v) is 3.14. The largest absolute Gasteiger partial charge is 0.481 e. The second-order valence-electron chi connectivity index (χ2n) is 6.18. The fraction of sp³-hybridized carbons (Fsp3) is 0.562. The molecular formula is C16H27ClN2O2. The maximum Gasteiger partial charge on any atom is 0.261 e. The topological polar surface area (TPSA) is 64.3 Å². The zero-order valence-electron chi connectivity index (χ0n) is 13.5. The number of amides is 1. The fourth-order valence-corrected chi connectivity index (χ4v) is 1.71. The van der Waals surface area contributed by atoms with E-state index in [1.54, 1.807) is 6.92 Å². The number of rotatable bonds is 5. The van der Waals surface area contributed by atoms with Crippen molar-refractivity contribution in [3.63, 3.8) is 0 Å². The maximum atomic E-state index is 11.9. The summed E-state index contributed by atoms with van der Waals surface area (Å²) >= 11 is 0. The van der Waals surface area contributed by atoms with E-state index in [0.29, 0.717) is 12.3 Å². The van der Waals surface area contributed by atoms with Gasteiger partial charge in [-0.05, 0) is 37.0 Å². The number of hydrogen-bond donors (Lipinski definition) is 2. The Morgan fingerprint density at radius 2 is 1.76 bits per heavy atom. The summed E-state index contributed by atoms with van der Waals surface area (Å²) in [5.41, 5.74) is 6.82. The van der Waals surface area contributed by atoms with Gasteiger partial charge in [0.25, 0.3) is 5.91 Å². The highest BCUT2D eigenvalue weighted by atomic mass is 35.5. The molecular weight excluding hydrogens is 288 g/mol. The average molecular weight is 315 g/mol. The van der Waals surface area contributed by atoms with Gasteiger partial charge in [0.2, 0.25) is 0 Å². The minimum atomic E-state index is -0.538. The molecule has 0 aliphatic heterocycles. The smallest absolute Gasteiger partial charge is 0.261 e. The first-order valence-corrected chi connectivity index (χ1v) is 7.01. The van der Waals surface area contributed by atoms with Crippen LogP contribution in [0.25, 0.3) is 0 Å². The molecule has 1 aromatic carbocycles. The van der Waals surface area contributed by atoms with Gasteiger partial charge in [0.05, 0.1) is 0 Å². The molecule has 3 N–H and O–H groups in total. The minimum Gasteiger partial charge on any atom is -0.481 e. The quantitative estimate of drug-likeness (QED) is 0.878. The van der Waals surface area contributed by atoms with Gasteiger partial charge >= 0.3 is 0 Å². The van der Waals surface area contributed by atoms with Gasteiger partial charge in [0.15, 0.2) is 6.10 Å². The predicted octanol–water partition coefficient (Wildman–Crippen LogP) is 2.64. The van der Waals surface area contributed by atoms with Crippen molar-refractivity contribution in [1.29, 1.82) is 0 Å². The first kappa shape index (κ1) is 19.7. The molecule has 21 heavy (non-hydrogen) atoms. The Kier molecular flexibility index (Phi) is 7.75. The second-order valence-corrected chi connectivity index (χ2v) is 6.18. The van der Waals surface area contributed by atoms with E-state index in [1.807, 2.05) is 31.2 Å². The van der Waals surface area contributed by atoms with Crippen LogP contribution in [0.2, 0.25) is 0 Å². The van der Waals surface area contributed by atoms with Gasteiger partial charge in [-0.25, -0.2) is 0 Å². The molecule has 0 saturated heterocycles. The molecule has 0 heterocycles. The normalized spacial score (nSPS) is 13.8. The van der Waals surface area contributed by atoms with E-state index >= 15 is 0 Å². The lowest BCUT2D eigenvalue weighted by molar-refractivity contribution is -0.127. The molecule has 0 aromatic heterocycles. The summed E-state index contributed by atoms with van der Waals surface area (Å²) in [5.74, 6) is 0.545. The molecule has 0 aliphatic carbocycles. The molecule has 1 rings (SSSR count). The van der Waals surface area contributed by atoms with E-state index in [-0.39, 0.29) is 29.8 Å². The number of benzene rings is 1. The Bertz CT molecular complexity index is 441. The van der Waals surface area contributed by atoms with Crippen LogP contribution < -0.4 is 15.8 Å². The monoisotopic (exact) mass is 314 g/mol. The highest BCUT2D eigenvalue weighted by Crippen LogP contribution is 2.24. The molecule has 2 atom stereocenters. The molecule has 1 amide bonds. The molecule has 4 nitrogen and oxygen atoms in total. The number of halogens is 1. The van der Waals surface area contributed by atoms with Crippen molar-refractivity contribution in [1.82, 2.24) is 5.32 Å². The first-order chi connectivity index (χ1) is 9.24. The molecule has 0 spiro atoms. The molecule has 0 fully saturated rings. The van der Waals surface area contributed by atoms with E-state index < -0.39 is 6.10 Å². The van der Waals surface area contributed by atoms with Crippen molar-refractivity contribution in [2.45, 2.75) is 52.2 Å². The number of nitrogens with two attached hydrogens (primary N) is 1. The van der Waals surface area contributed by atoms with Crippen molar-refractivity contribution in [2.24, 2.45) is 5.73 Å². The van der Waals surface area contributed by atoms with Crippen LogP contribution in [0, 0.1) is 0 Å². The zero-order valence-corrected chi connectivity index (χ0v) is 14.3. The maximum absolute atomic E-state index is 11.9. The van der Waals surface area contributed by atoms with Crippen LogP contribution in [0.3, 0.4) is 0 Å². The number of hydrogen-bond acceptors (Lipinski definition) is 3. The zero-order chi connectivity index (χ0) is 15.3. The lowest BCUT2D eigenvalue weighted by atomic mass is 9.87. The minimum absolute atomic E-state index is 0. The van der Waals surface area contributed by atoms with Gasteiger partial charge < -0.3 is 15.8 Å². The van der Waals surface area contributed by atoms with Crippen molar-refractivity contribution in [3.05, 3.63) is 29.8 Å². The van der Waals surface area contributed by atoms with Gasteiger partial charge in [-0.2, -0.15) is 0 Å². The molecule has 5 heteroatoms. The third-order valence-electron chi connectivity index (χ3n) is 3.14. The molecule has 0 saturated carbocycles. The van der Waals surface area contributed by atoms with Crippen LogP contribution in [0.15, 0.2) is 24.3 Å². The summed E-state index contributed by atoms with van der Waals surface area (Å²) in [6.07, 6.45) is -0.538. The summed E-state index contributed by atoms with van der Waals surface area (Å²) < 4.78 is 5.64. The molecule has 120 valence electrons. The Morgan fingerprint density at radius 3 is 2.19 bits per heavy atom. The van der Waals surface area contributed by atoms with E-state index in [2.05, 4.69) is 26.1 Å². The highest BCUT2D eigenvalue weighted by molar-refractivity contribution is 5.85. The summed E-state index contributed by atoms with van der Waals surface area (Å²) in [6, 6.07) is 7.81. The van der Waals surface area contributed by atoms with Gasteiger partial charge in [-0.15, -0.1) is 12.4 Å². The third kappa shape index (κ3) is 6.36. The van der Waals surface area contributed by atoms with Gasteiger partial charge in [0.1, 0.15) is 5.75 Å². The average Bonchev–Trinajstić information content (AvgIpc) is 2.38. The predicted molar refractivity (Wildman–Crippen MR) is 89.1 cm³/mol. The molecule has 1 aromatic rings. The Hall–Kier alpha value is -1.26. The molecule has 0 aliphatic rings. The van der Waals surface area contributed by atoms with Gasteiger partial charge in [-0.1, -0.05) is 32.9 Å². The van der Waals surface area contributed by atoms with Crippen LogP contribution in [0.1, 0.15) is 40.2 Å². The number of carbonyl (C=O) groups is 1. The van der Waals surface area contributed by atoms with Crippen molar-refractivity contribution >= 4 is 18.3 Å². The first-order valence-electron chi connectivity index (χ1n) is 7.01. The van der Waals surface area contributed by atoms with E-state index in [1.165, 1.54) is 5.56 Å². The summed E-state index contributed by atoms with van der Waals surface area (Å²) in [5, 5.41) is 2.80. The lowest BCUT2D eigenvalue weighted by Crippen LogP contribution is -2.44. The Balaban J connectivity index is 0.00000400. The van der Waals surface area contributed by atoms with Crippen molar-refractivity contribution in [3.8, 4) is 5.75 Å². The van der Waals surface area contributed by atoms with Gasteiger partial charge in [0, 0.05) is 12.6 Å². The highest BCUT2D eigenvalue weighted by Gasteiger charge is 2.17. The van der Waals surface area contributed by atoms with Crippen LogP contribution in [-0.2, 0) is 10.2 Å². The van der Waals surface area contributed by atoms with Crippen molar-refractivity contribution in [2.75, 3.05) is 6.54 Å². The van der Waals surface area contributed by atoms with Crippen LogP contribution in [-0.4, -0.2) is 24.6 Å². The SMILES string of the molecule is CC(Oc1ccc(C(C)(C)C)cc1)C(=O)N[C@@H](C)CN.Cl. The number of carbonyl (C=O) groups excluding carboxylic acids is 1. The summed E-state index contributed by atoms with van der Waals surface area (Å²) in [4.78, 5) is 11.9. The standard InChI is InChI=1S/C16H26N2O2.ClH/c1-11(10-17)18-15(19)12(2)20-14-8-6-13(7-9-14)16(3,4)5;/h6-9,11-12H,10,17H2,1-5H3,(H,18,19);1H/t11-,12?;/m0./s1. The molecule has 1 unspecified atom stereocenters. The van der Waals surface area contributed by atoms with E-state index in [0.717, 1.165) is 0 Å². The van der Waals surface area contributed by atoms with Crippen LogP contribution in [0.5, 0.6) is 5.75 Å². The fourth-order valence-electron chi connectivity index (χ4n) is 1.71. The lowest BCUT2D eigenvalue weighted by Gasteiger charge is -2.20. The van der Waals surface area contributed by atoms with Crippen LogP contribution >= 0.6 is 12.4 Å². The molecule has 0 bridgehead atoms. The molecule has 0 radical (unpaired) electrons. The second kappa shape index (κ2) is 8.25. The number of ether oxygens (including phenoxy) is 1. The van der Waals surface area contributed by atoms with E-state index in [9.17, 15) is 4.79 Å². The Labute approximate surface area is 133 Å².